The number of carbonyl (C=O) groups excluding carboxylic acids is 1. The summed E-state index contributed by atoms with van der Waals surface area (Å²) < 4.78 is 0. The topological polar surface area (TPSA) is 49.3 Å². The number of amides is 1. The molecule has 0 radical (unpaired) electrons. The number of anilines is 1. The van der Waals surface area contributed by atoms with Crippen molar-refractivity contribution in [2.45, 2.75) is 51.5 Å². The van der Waals surface area contributed by atoms with Crippen LogP contribution in [0.2, 0.25) is 0 Å². The zero-order chi connectivity index (χ0) is 17.9. The van der Waals surface area contributed by atoms with Crippen LogP contribution in [0.1, 0.15) is 45.4 Å². The fourth-order valence-corrected chi connectivity index (χ4v) is 4.63. The molecule has 0 spiro atoms. The second-order valence-electron chi connectivity index (χ2n) is 7.67. The molecule has 2 aromatic rings. The van der Waals surface area contributed by atoms with Gasteiger partial charge in [-0.1, -0.05) is 25.0 Å². The van der Waals surface area contributed by atoms with E-state index in [0.717, 1.165) is 55.7 Å². The number of carbonyl (C=O) groups is 1. The van der Waals surface area contributed by atoms with Gasteiger partial charge in [0.05, 0.1) is 17.2 Å². The third-order valence-corrected chi connectivity index (χ3v) is 6.05. The summed E-state index contributed by atoms with van der Waals surface area (Å²) in [6.07, 6.45) is 8.99. The van der Waals surface area contributed by atoms with Gasteiger partial charge in [0.25, 0.3) is 0 Å². The third kappa shape index (κ3) is 3.53. The largest absolute Gasteiger partial charge is 0.355 e. The zero-order valence-corrected chi connectivity index (χ0v) is 15.6. The number of hydrogen-bond donors (Lipinski definition) is 0. The van der Waals surface area contributed by atoms with Crippen molar-refractivity contribution in [1.29, 1.82) is 0 Å². The molecule has 1 aromatic heterocycles. The Kier molecular flexibility index (Phi) is 5.05. The van der Waals surface area contributed by atoms with Crippen LogP contribution in [-0.4, -0.2) is 46.5 Å². The molecular weight excluding hydrogens is 324 g/mol. The average Bonchev–Trinajstić information content (AvgIpc) is 2.94. The monoisotopic (exact) mass is 352 g/mol. The first-order valence-corrected chi connectivity index (χ1v) is 9.96. The fourth-order valence-electron chi connectivity index (χ4n) is 4.63. The zero-order valence-electron chi connectivity index (χ0n) is 15.6. The molecule has 4 rings (SSSR count). The minimum Gasteiger partial charge on any atom is -0.355 e. The van der Waals surface area contributed by atoms with Crippen LogP contribution in [-0.2, 0) is 4.79 Å². The first-order valence-electron chi connectivity index (χ1n) is 9.96. The van der Waals surface area contributed by atoms with E-state index in [1.165, 1.54) is 19.3 Å². The summed E-state index contributed by atoms with van der Waals surface area (Å²) in [7, 11) is 0. The predicted molar refractivity (Wildman–Crippen MR) is 104 cm³/mol. The molecule has 2 aliphatic rings. The molecule has 0 bridgehead atoms. The average molecular weight is 352 g/mol. The van der Waals surface area contributed by atoms with E-state index in [-0.39, 0.29) is 5.91 Å². The van der Waals surface area contributed by atoms with Crippen LogP contribution in [0.4, 0.5) is 5.82 Å². The van der Waals surface area contributed by atoms with Crippen LogP contribution in [0.25, 0.3) is 11.0 Å². The van der Waals surface area contributed by atoms with Crippen molar-refractivity contribution < 1.29 is 4.79 Å². The van der Waals surface area contributed by atoms with Crippen molar-refractivity contribution in [1.82, 2.24) is 14.9 Å². The van der Waals surface area contributed by atoms with Gasteiger partial charge in [-0.25, -0.2) is 4.98 Å². The molecule has 1 amide bonds. The molecule has 2 aliphatic heterocycles. The van der Waals surface area contributed by atoms with E-state index < -0.39 is 0 Å². The minimum absolute atomic E-state index is 0.250. The second kappa shape index (κ2) is 7.60. The lowest BCUT2D eigenvalue weighted by atomic mass is 9.86. The van der Waals surface area contributed by atoms with Gasteiger partial charge < -0.3 is 9.80 Å². The molecule has 0 aliphatic carbocycles. The van der Waals surface area contributed by atoms with E-state index in [4.69, 9.17) is 4.98 Å². The number of rotatable bonds is 2. The van der Waals surface area contributed by atoms with Crippen LogP contribution in [0.5, 0.6) is 0 Å². The molecule has 3 heterocycles. The van der Waals surface area contributed by atoms with E-state index in [9.17, 15) is 4.79 Å². The van der Waals surface area contributed by atoms with Gasteiger partial charge in [0, 0.05) is 32.6 Å². The van der Waals surface area contributed by atoms with E-state index in [2.05, 4.69) is 14.8 Å². The van der Waals surface area contributed by atoms with E-state index >= 15 is 0 Å². The fraction of sp³-hybridized carbons (Fsp3) is 0.571. The van der Waals surface area contributed by atoms with E-state index in [1.807, 2.05) is 30.5 Å². The number of benzene rings is 1. The highest BCUT2D eigenvalue weighted by molar-refractivity contribution is 5.75. The summed E-state index contributed by atoms with van der Waals surface area (Å²) >= 11 is 0. The molecular formula is C21H28N4O. The van der Waals surface area contributed by atoms with Crippen molar-refractivity contribution >= 4 is 22.8 Å². The number of aromatic nitrogens is 2. The molecule has 1 unspecified atom stereocenters. The van der Waals surface area contributed by atoms with E-state index in [0.29, 0.717) is 12.0 Å². The molecule has 1 atom stereocenters. The lowest BCUT2D eigenvalue weighted by Gasteiger charge is -2.40. The maximum absolute atomic E-state index is 12.1. The Morgan fingerprint density at radius 3 is 2.54 bits per heavy atom. The van der Waals surface area contributed by atoms with Crippen LogP contribution in [0.15, 0.2) is 30.5 Å². The molecule has 2 saturated heterocycles. The van der Waals surface area contributed by atoms with Crippen molar-refractivity contribution in [3.63, 3.8) is 0 Å². The number of fused-ring (bicyclic) bond motifs is 1. The molecule has 5 nitrogen and oxygen atoms in total. The van der Waals surface area contributed by atoms with Gasteiger partial charge in [-0.05, 0) is 43.7 Å². The Bertz CT molecular complexity index is 769. The highest BCUT2D eigenvalue weighted by Gasteiger charge is 2.33. The smallest absolute Gasteiger partial charge is 0.219 e. The molecule has 1 aromatic carbocycles. The maximum atomic E-state index is 12.1. The summed E-state index contributed by atoms with van der Waals surface area (Å²) in [6.45, 7) is 4.67. The summed E-state index contributed by atoms with van der Waals surface area (Å²) in [5, 5.41) is 0. The number of likely N-dealkylation sites (tertiary alicyclic amines) is 1. The molecule has 2 fully saturated rings. The van der Waals surface area contributed by atoms with Gasteiger partial charge in [0.2, 0.25) is 5.91 Å². The van der Waals surface area contributed by atoms with Crippen molar-refractivity contribution in [2.24, 2.45) is 5.92 Å². The standard InChI is InChI=1S/C21H28N4O/c1-16(26)25-12-6-2-3-9-20(25)17-10-13-24(14-11-17)21-15-22-18-7-4-5-8-19(18)23-21/h4-5,7-8,15,17,20H,2-3,6,9-14H2,1H3. The second-order valence-corrected chi connectivity index (χ2v) is 7.67. The number of hydrogen-bond acceptors (Lipinski definition) is 4. The molecule has 0 saturated carbocycles. The molecule has 0 N–H and O–H groups in total. The van der Waals surface area contributed by atoms with Crippen molar-refractivity contribution in [3.05, 3.63) is 30.5 Å². The number of nitrogens with zero attached hydrogens (tertiary/aromatic N) is 4. The van der Waals surface area contributed by atoms with Gasteiger partial charge in [0.1, 0.15) is 5.82 Å². The lowest BCUT2D eigenvalue weighted by Crippen LogP contribution is -2.47. The summed E-state index contributed by atoms with van der Waals surface area (Å²) in [5.74, 6) is 1.84. The van der Waals surface area contributed by atoms with Crippen LogP contribution in [0, 0.1) is 5.92 Å². The van der Waals surface area contributed by atoms with Crippen molar-refractivity contribution in [3.8, 4) is 0 Å². The highest BCUT2D eigenvalue weighted by Crippen LogP contribution is 2.31. The van der Waals surface area contributed by atoms with Gasteiger partial charge >= 0.3 is 0 Å². The Morgan fingerprint density at radius 1 is 1.00 bits per heavy atom. The predicted octanol–water partition coefficient (Wildman–Crippen LogP) is 3.64. The molecule has 138 valence electrons. The van der Waals surface area contributed by atoms with Gasteiger partial charge in [-0.15, -0.1) is 0 Å². The van der Waals surface area contributed by atoms with Crippen molar-refractivity contribution in [2.75, 3.05) is 24.5 Å². The molecule has 26 heavy (non-hydrogen) atoms. The van der Waals surface area contributed by atoms with Crippen LogP contribution in [0.3, 0.4) is 0 Å². The number of para-hydroxylation sites is 2. The summed E-state index contributed by atoms with van der Waals surface area (Å²) in [4.78, 5) is 26.0. The SMILES string of the molecule is CC(=O)N1CCCCCC1C1CCN(c2cnc3ccccc3n2)CC1. The Hall–Kier alpha value is -2.17. The minimum atomic E-state index is 0.250. The Morgan fingerprint density at radius 2 is 1.77 bits per heavy atom. The number of piperidine rings is 1. The summed E-state index contributed by atoms with van der Waals surface area (Å²) in [5.41, 5.74) is 1.90. The Balaban J connectivity index is 1.44. The maximum Gasteiger partial charge on any atom is 0.219 e. The quantitative estimate of drug-likeness (QED) is 0.828. The first kappa shape index (κ1) is 17.3. The Labute approximate surface area is 155 Å². The van der Waals surface area contributed by atoms with Gasteiger partial charge in [0.15, 0.2) is 0 Å². The molecule has 5 heteroatoms. The van der Waals surface area contributed by atoms with E-state index in [1.54, 1.807) is 6.92 Å². The lowest BCUT2D eigenvalue weighted by molar-refractivity contribution is -0.132. The summed E-state index contributed by atoms with van der Waals surface area (Å²) in [6, 6.07) is 8.46. The normalized spacial score (nSPS) is 22.4. The van der Waals surface area contributed by atoms with Gasteiger partial charge in [-0.3, -0.25) is 9.78 Å². The van der Waals surface area contributed by atoms with Gasteiger partial charge in [-0.2, -0.15) is 0 Å². The van der Waals surface area contributed by atoms with Crippen LogP contribution < -0.4 is 4.90 Å². The third-order valence-electron chi connectivity index (χ3n) is 6.05. The highest BCUT2D eigenvalue weighted by atomic mass is 16.2. The first-order chi connectivity index (χ1) is 12.7. The van der Waals surface area contributed by atoms with Crippen LogP contribution >= 0.6 is 0 Å².